The Bertz CT molecular complexity index is 1660. The van der Waals surface area contributed by atoms with Gasteiger partial charge >= 0.3 is 0 Å². The number of aryl methyl sites for hydroxylation is 1. The number of anilines is 1. The topological polar surface area (TPSA) is 95.9 Å². The van der Waals surface area contributed by atoms with Gasteiger partial charge in [0.05, 0.1) is 23.6 Å². The summed E-state index contributed by atoms with van der Waals surface area (Å²) in [5.74, 6) is 0.737. The summed E-state index contributed by atoms with van der Waals surface area (Å²) in [6.45, 7) is 9.75. The van der Waals surface area contributed by atoms with Crippen LogP contribution in [0.15, 0.2) is 61.2 Å². The van der Waals surface area contributed by atoms with Gasteiger partial charge in [-0.1, -0.05) is 69.0 Å². The van der Waals surface area contributed by atoms with E-state index in [1.807, 2.05) is 25.1 Å². The molecule has 2 aromatic carbocycles. The normalized spacial score (nSPS) is 25.3. The number of fused-ring (bicyclic) bond motifs is 3. The average Bonchev–Trinajstić information content (AvgIpc) is 3.89. The predicted octanol–water partition coefficient (Wildman–Crippen LogP) is 8.00. The maximum absolute atomic E-state index is 13.7. The van der Waals surface area contributed by atoms with Crippen LogP contribution >= 0.6 is 11.6 Å². The fraction of sp³-hybridized carbons (Fsp3) is 0.575. The number of carbonyl (C=O) groups excluding carboxylic acids is 1. The summed E-state index contributed by atoms with van der Waals surface area (Å²) >= 11 is 6.44. The third-order valence-corrected chi connectivity index (χ3v) is 13.7. The van der Waals surface area contributed by atoms with Gasteiger partial charge in [0.25, 0.3) is 5.91 Å². The number of hydrogen-bond donors (Lipinski definition) is 2. The molecule has 2 saturated carbocycles. The van der Waals surface area contributed by atoms with Gasteiger partial charge in [0, 0.05) is 29.1 Å². The second-order valence-corrected chi connectivity index (χ2v) is 17.5. The minimum Gasteiger partial charge on any atom is -0.490 e. The van der Waals surface area contributed by atoms with Gasteiger partial charge in [-0.05, 0) is 116 Å². The summed E-state index contributed by atoms with van der Waals surface area (Å²) < 4.78 is 36.5. The van der Waals surface area contributed by atoms with Crippen molar-refractivity contribution in [3.8, 4) is 5.75 Å². The summed E-state index contributed by atoms with van der Waals surface area (Å²) in [7, 11) is -3.93. The van der Waals surface area contributed by atoms with Crippen molar-refractivity contribution in [2.75, 3.05) is 24.6 Å². The van der Waals surface area contributed by atoms with E-state index in [-0.39, 0.29) is 28.7 Å². The number of nitrogens with zero attached hydrogens (tertiary/aromatic N) is 1. The Balaban J connectivity index is 1.30. The molecule has 3 aliphatic carbocycles. The van der Waals surface area contributed by atoms with Crippen LogP contribution in [0, 0.1) is 23.7 Å². The van der Waals surface area contributed by atoms with Crippen molar-refractivity contribution in [2.45, 2.75) is 101 Å². The first-order valence-electron chi connectivity index (χ1n) is 18.4. The van der Waals surface area contributed by atoms with Crippen LogP contribution in [0.3, 0.4) is 0 Å². The van der Waals surface area contributed by atoms with Crippen molar-refractivity contribution >= 4 is 33.2 Å². The van der Waals surface area contributed by atoms with Crippen molar-refractivity contribution < 1.29 is 23.1 Å². The number of aliphatic hydroxyl groups is 1. The van der Waals surface area contributed by atoms with E-state index >= 15 is 0 Å². The predicted molar refractivity (Wildman–Crippen MR) is 198 cm³/mol. The van der Waals surface area contributed by atoms with E-state index in [1.165, 1.54) is 11.1 Å². The van der Waals surface area contributed by atoms with Gasteiger partial charge in [0.1, 0.15) is 5.75 Å². The summed E-state index contributed by atoms with van der Waals surface area (Å²) in [4.78, 5) is 16.1. The van der Waals surface area contributed by atoms with Crippen molar-refractivity contribution in [1.82, 2.24) is 4.72 Å². The average molecular weight is 709 g/mol. The lowest BCUT2D eigenvalue weighted by Gasteiger charge is -2.45. The lowest BCUT2D eigenvalue weighted by Crippen LogP contribution is -2.49. The van der Waals surface area contributed by atoms with Crippen molar-refractivity contribution in [3.05, 3.63) is 82.9 Å². The molecule has 49 heavy (non-hydrogen) atoms. The highest BCUT2D eigenvalue weighted by molar-refractivity contribution is 7.90. The first-order valence-corrected chi connectivity index (χ1v) is 20.3. The van der Waals surface area contributed by atoms with E-state index in [2.05, 4.69) is 41.3 Å². The van der Waals surface area contributed by atoms with Gasteiger partial charge in [-0.25, -0.2) is 13.1 Å². The Labute approximate surface area is 298 Å². The number of amides is 1. The Morgan fingerprint density at radius 3 is 2.73 bits per heavy atom. The van der Waals surface area contributed by atoms with Crippen LogP contribution in [-0.4, -0.2) is 50.5 Å². The SMILES string of the molecule is C=CC[C@H](C)[C@@H](CC1CC1)S(=O)(=O)NC(=O)c1ccc2c(c1)N(C[C@@H]1CC[C@H]1[C@@H](O)C=CCCC)C[C@]1(CCCc3cc(Cl)ccc31)CO2. The van der Waals surface area contributed by atoms with E-state index in [9.17, 15) is 18.3 Å². The zero-order chi connectivity index (χ0) is 34.8. The lowest BCUT2D eigenvalue weighted by molar-refractivity contribution is 0.0456. The number of nitrogens with one attached hydrogen (secondary N) is 1. The molecule has 266 valence electrons. The molecular weight excluding hydrogens is 656 g/mol. The number of allylic oxidation sites excluding steroid dienone is 2. The van der Waals surface area contributed by atoms with Crippen molar-refractivity contribution in [2.24, 2.45) is 23.7 Å². The molecule has 1 aliphatic heterocycles. The van der Waals surface area contributed by atoms with Crippen LogP contribution in [0.1, 0.15) is 99.5 Å². The zero-order valence-corrected chi connectivity index (χ0v) is 30.7. The van der Waals surface area contributed by atoms with Gasteiger partial charge in [-0.3, -0.25) is 4.79 Å². The monoisotopic (exact) mass is 708 g/mol. The number of halogens is 1. The largest absolute Gasteiger partial charge is 0.490 e. The van der Waals surface area contributed by atoms with Gasteiger partial charge in [-0.2, -0.15) is 0 Å². The number of aliphatic hydroxyl groups excluding tert-OH is 1. The lowest BCUT2D eigenvalue weighted by atomic mass is 9.68. The molecule has 6 atom stereocenters. The first kappa shape index (κ1) is 36.0. The Kier molecular flexibility index (Phi) is 11.2. The van der Waals surface area contributed by atoms with E-state index in [4.69, 9.17) is 16.3 Å². The first-order chi connectivity index (χ1) is 23.5. The van der Waals surface area contributed by atoms with Gasteiger partial charge in [-0.15, -0.1) is 6.58 Å². The molecule has 4 aliphatic rings. The molecule has 6 rings (SSSR count). The molecule has 1 spiro atoms. The minimum atomic E-state index is -3.93. The third-order valence-electron chi connectivity index (χ3n) is 11.5. The highest BCUT2D eigenvalue weighted by Gasteiger charge is 2.44. The van der Waals surface area contributed by atoms with Gasteiger partial charge in [0.15, 0.2) is 0 Å². The molecule has 0 radical (unpaired) electrons. The minimum absolute atomic E-state index is 0.147. The Morgan fingerprint density at radius 1 is 1.20 bits per heavy atom. The Hall–Kier alpha value is -2.81. The number of benzene rings is 2. The van der Waals surface area contributed by atoms with Crippen LogP contribution in [-0.2, 0) is 21.9 Å². The smallest absolute Gasteiger partial charge is 0.264 e. The number of carbonyl (C=O) groups is 1. The fourth-order valence-corrected chi connectivity index (χ4v) is 10.4. The molecule has 0 saturated heterocycles. The molecule has 0 bridgehead atoms. The molecule has 0 unspecified atom stereocenters. The zero-order valence-electron chi connectivity index (χ0n) is 29.1. The molecular formula is C40H53ClN2O5S. The van der Waals surface area contributed by atoms with E-state index in [0.717, 1.165) is 68.5 Å². The molecule has 2 fully saturated rings. The summed E-state index contributed by atoms with van der Waals surface area (Å²) in [5, 5.41) is 11.2. The van der Waals surface area contributed by atoms with E-state index in [1.54, 1.807) is 18.2 Å². The van der Waals surface area contributed by atoms with E-state index in [0.29, 0.717) is 44.2 Å². The maximum atomic E-state index is 13.7. The number of ether oxygens (including phenoxy) is 1. The molecule has 0 aromatic heterocycles. The van der Waals surface area contributed by atoms with Crippen LogP contribution in [0.5, 0.6) is 5.75 Å². The van der Waals surface area contributed by atoms with Gasteiger partial charge in [0.2, 0.25) is 10.0 Å². The summed E-state index contributed by atoms with van der Waals surface area (Å²) in [6.07, 6.45) is 15.4. The van der Waals surface area contributed by atoms with Crippen molar-refractivity contribution in [1.29, 1.82) is 0 Å². The Morgan fingerprint density at radius 2 is 2.02 bits per heavy atom. The third kappa shape index (κ3) is 8.07. The molecule has 1 amide bonds. The second kappa shape index (κ2) is 15.2. The standard InChI is InChI=1S/C40H53ClN2O5S/c1-4-6-7-11-36(44)33-17-14-31(33)24-43-25-40(20-8-10-29-22-32(41)16-18-34(29)40)26-48-37-19-15-30(23-35(37)43)39(45)42-49(46,47)38(21-28-12-13-28)27(3)9-5-2/h5,7,11,15-16,18-19,22-23,27-28,31,33,36,38,44H,2,4,6,8-10,12-14,17,20-21,24-26H2,1,3H3,(H,42,45)/t27-,31-,33+,36-,38+,40+/m0/s1. The summed E-state index contributed by atoms with van der Waals surface area (Å²) in [6, 6.07) is 11.5. The maximum Gasteiger partial charge on any atom is 0.264 e. The van der Waals surface area contributed by atoms with Crippen LogP contribution in [0.4, 0.5) is 5.69 Å². The number of unbranched alkanes of at least 4 members (excludes halogenated alkanes) is 1. The molecule has 1 heterocycles. The molecule has 7 nitrogen and oxygen atoms in total. The number of rotatable bonds is 14. The fourth-order valence-electron chi connectivity index (χ4n) is 8.38. The van der Waals surface area contributed by atoms with Gasteiger partial charge < -0.3 is 14.7 Å². The highest BCUT2D eigenvalue weighted by atomic mass is 35.5. The molecule has 2 N–H and O–H groups in total. The number of hydrogen-bond acceptors (Lipinski definition) is 6. The highest BCUT2D eigenvalue weighted by Crippen LogP contribution is 2.47. The summed E-state index contributed by atoms with van der Waals surface area (Å²) in [5.41, 5.74) is 3.31. The van der Waals surface area contributed by atoms with Crippen LogP contribution in [0.25, 0.3) is 0 Å². The number of sulfonamides is 1. The molecule has 2 aromatic rings. The van der Waals surface area contributed by atoms with Crippen LogP contribution < -0.4 is 14.4 Å². The van der Waals surface area contributed by atoms with E-state index < -0.39 is 27.3 Å². The quantitative estimate of drug-likeness (QED) is 0.193. The molecule has 9 heteroatoms. The van der Waals surface area contributed by atoms with Crippen LogP contribution in [0.2, 0.25) is 5.02 Å². The van der Waals surface area contributed by atoms with Crippen molar-refractivity contribution in [3.63, 3.8) is 0 Å². The second-order valence-electron chi connectivity index (χ2n) is 15.2.